The highest BCUT2D eigenvalue weighted by Crippen LogP contribution is 2.25. The van der Waals surface area contributed by atoms with E-state index in [4.69, 9.17) is 5.11 Å². The lowest BCUT2D eigenvalue weighted by Crippen LogP contribution is -2.27. The minimum absolute atomic E-state index is 0.0511. The second-order valence-corrected chi connectivity index (χ2v) is 3.18. The highest BCUT2D eigenvalue weighted by Gasteiger charge is 2.29. The number of aliphatic carboxylic acids is 1. The summed E-state index contributed by atoms with van der Waals surface area (Å²) < 4.78 is 0. The van der Waals surface area contributed by atoms with Gasteiger partial charge in [-0.3, -0.25) is 9.59 Å². The van der Waals surface area contributed by atoms with Crippen molar-refractivity contribution in [3.05, 3.63) is 0 Å². The van der Waals surface area contributed by atoms with E-state index in [2.05, 4.69) is 0 Å². The molecule has 0 aromatic carbocycles. The standard InChI is InChI=1S/C8H12O3/c1-5-4-6(8(10)11)2-3-7(5)9/h5-6H,2-4H2,1H3,(H,10,11). The van der Waals surface area contributed by atoms with Gasteiger partial charge in [0.25, 0.3) is 0 Å². The van der Waals surface area contributed by atoms with Gasteiger partial charge in [0.15, 0.2) is 0 Å². The van der Waals surface area contributed by atoms with Crippen LogP contribution in [0.3, 0.4) is 0 Å². The molecule has 0 heterocycles. The van der Waals surface area contributed by atoms with Crippen molar-refractivity contribution in [3.63, 3.8) is 0 Å². The molecule has 1 saturated carbocycles. The molecule has 0 aromatic rings. The van der Waals surface area contributed by atoms with Gasteiger partial charge in [-0.05, 0) is 12.8 Å². The summed E-state index contributed by atoms with van der Waals surface area (Å²) in [4.78, 5) is 21.5. The normalized spacial score (nSPS) is 31.9. The lowest BCUT2D eigenvalue weighted by atomic mass is 9.82. The van der Waals surface area contributed by atoms with E-state index >= 15 is 0 Å². The van der Waals surface area contributed by atoms with Crippen LogP contribution in [0.25, 0.3) is 0 Å². The molecule has 3 heteroatoms. The highest BCUT2D eigenvalue weighted by molar-refractivity contribution is 5.83. The van der Waals surface area contributed by atoms with E-state index in [9.17, 15) is 9.59 Å². The lowest BCUT2D eigenvalue weighted by Gasteiger charge is -2.21. The average Bonchev–Trinajstić information content (AvgIpc) is 1.94. The van der Waals surface area contributed by atoms with Crippen LogP contribution in [0.1, 0.15) is 26.2 Å². The van der Waals surface area contributed by atoms with Gasteiger partial charge in [0, 0.05) is 12.3 Å². The number of carbonyl (C=O) groups excluding carboxylic acids is 1. The molecule has 0 aliphatic heterocycles. The summed E-state index contributed by atoms with van der Waals surface area (Å²) in [6, 6.07) is 0. The second kappa shape index (κ2) is 3.03. The maximum Gasteiger partial charge on any atom is 0.306 e. The van der Waals surface area contributed by atoms with Gasteiger partial charge in [0.2, 0.25) is 0 Å². The molecule has 3 nitrogen and oxygen atoms in total. The Kier molecular flexibility index (Phi) is 2.27. The summed E-state index contributed by atoms with van der Waals surface area (Å²) in [7, 11) is 0. The minimum Gasteiger partial charge on any atom is -0.481 e. The molecule has 0 bridgehead atoms. The molecule has 1 fully saturated rings. The largest absolute Gasteiger partial charge is 0.481 e. The number of carbonyl (C=O) groups is 2. The zero-order chi connectivity index (χ0) is 8.43. The van der Waals surface area contributed by atoms with Crippen LogP contribution in [0.15, 0.2) is 0 Å². The van der Waals surface area contributed by atoms with Crippen molar-refractivity contribution in [1.82, 2.24) is 0 Å². The predicted molar refractivity (Wildman–Crippen MR) is 39.1 cm³/mol. The fraction of sp³-hybridized carbons (Fsp3) is 0.750. The molecule has 2 unspecified atom stereocenters. The number of rotatable bonds is 1. The molecule has 0 saturated heterocycles. The summed E-state index contributed by atoms with van der Waals surface area (Å²) in [6.45, 7) is 1.80. The van der Waals surface area contributed by atoms with Crippen molar-refractivity contribution >= 4 is 11.8 Å². The van der Waals surface area contributed by atoms with Crippen LogP contribution in [0.2, 0.25) is 0 Å². The predicted octanol–water partition coefficient (Wildman–Crippen LogP) is 1.08. The van der Waals surface area contributed by atoms with Gasteiger partial charge in [-0.15, -0.1) is 0 Å². The SMILES string of the molecule is CC1CC(C(=O)O)CCC1=O. The lowest BCUT2D eigenvalue weighted by molar-refractivity contribution is -0.144. The van der Waals surface area contributed by atoms with Crippen LogP contribution in [-0.2, 0) is 9.59 Å². The third-order valence-corrected chi connectivity index (χ3v) is 2.28. The Bertz CT molecular complexity index is 186. The molecule has 1 rings (SSSR count). The third kappa shape index (κ3) is 1.79. The number of carboxylic acid groups (broad SMARTS) is 1. The topological polar surface area (TPSA) is 54.4 Å². The van der Waals surface area contributed by atoms with Gasteiger partial charge in [-0.25, -0.2) is 0 Å². The molecular weight excluding hydrogens is 144 g/mol. The van der Waals surface area contributed by atoms with Gasteiger partial charge in [0.05, 0.1) is 5.92 Å². The second-order valence-electron chi connectivity index (χ2n) is 3.18. The zero-order valence-corrected chi connectivity index (χ0v) is 6.54. The zero-order valence-electron chi connectivity index (χ0n) is 6.54. The number of Topliss-reactive ketones (excluding diaryl/α,β-unsaturated/α-hetero) is 1. The van der Waals surface area contributed by atoms with E-state index in [0.29, 0.717) is 19.3 Å². The highest BCUT2D eigenvalue weighted by atomic mass is 16.4. The van der Waals surface area contributed by atoms with Gasteiger partial charge >= 0.3 is 5.97 Å². The van der Waals surface area contributed by atoms with E-state index < -0.39 is 5.97 Å². The maximum absolute atomic E-state index is 11.0. The maximum atomic E-state index is 11.0. The molecule has 2 atom stereocenters. The van der Waals surface area contributed by atoms with E-state index in [-0.39, 0.29) is 17.6 Å². The summed E-state index contributed by atoms with van der Waals surface area (Å²) in [5, 5.41) is 8.63. The van der Waals surface area contributed by atoms with Gasteiger partial charge in [-0.1, -0.05) is 6.92 Å². The Morgan fingerprint density at radius 2 is 2.27 bits per heavy atom. The first-order valence-electron chi connectivity index (χ1n) is 3.86. The quantitative estimate of drug-likeness (QED) is 0.618. The van der Waals surface area contributed by atoms with Gasteiger partial charge in [0.1, 0.15) is 5.78 Å². The minimum atomic E-state index is -0.760. The van der Waals surface area contributed by atoms with E-state index in [0.717, 1.165) is 0 Å². The van der Waals surface area contributed by atoms with Crippen LogP contribution >= 0.6 is 0 Å². The van der Waals surface area contributed by atoms with Crippen LogP contribution in [0, 0.1) is 11.8 Å². The Morgan fingerprint density at radius 3 is 2.73 bits per heavy atom. The van der Waals surface area contributed by atoms with E-state index in [1.165, 1.54) is 0 Å². The van der Waals surface area contributed by atoms with Gasteiger partial charge in [-0.2, -0.15) is 0 Å². The fourth-order valence-corrected chi connectivity index (χ4v) is 1.46. The van der Waals surface area contributed by atoms with Crippen LogP contribution < -0.4 is 0 Å². The molecule has 0 amide bonds. The average molecular weight is 156 g/mol. The number of hydrogen-bond donors (Lipinski definition) is 1. The van der Waals surface area contributed by atoms with Crippen molar-refractivity contribution in [2.24, 2.45) is 11.8 Å². The molecule has 1 aliphatic rings. The summed E-state index contributed by atoms with van der Waals surface area (Å²) in [6.07, 6.45) is 1.49. The van der Waals surface area contributed by atoms with E-state index in [1.54, 1.807) is 6.92 Å². The summed E-state index contributed by atoms with van der Waals surface area (Å²) in [5.41, 5.74) is 0. The van der Waals surface area contributed by atoms with E-state index in [1.807, 2.05) is 0 Å². The fourth-order valence-electron chi connectivity index (χ4n) is 1.46. The number of carboxylic acids is 1. The smallest absolute Gasteiger partial charge is 0.306 e. The molecule has 1 N–H and O–H groups in total. The summed E-state index contributed by atoms with van der Waals surface area (Å²) in [5.74, 6) is -0.889. The first kappa shape index (κ1) is 8.24. The Hall–Kier alpha value is -0.860. The molecule has 0 aromatic heterocycles. The molecule has 0 radical (unpaired) electrons. The first-order chi connectivity index (χ1) is 5.11. The first-order valence-corrected chi connectivity index (χ1v) is 3.86. The molecule has 1 aliphatic carbocycles. The third-order valence-electron chi connectivity index (χ3n) is 2.28. The van der Waals surface area contributed by atoms with Crippen molar-refractivity contribution in [2.45, 2.75) is 26.2 Å². The number of hydrogen-bond acceptors (Lipinski definition) is 2. The number of ketones is 1. The van der Waals surface area contributed by atoms with Gasteiger partial charge < -0.3 is 5.11 Å². The van der Waals surface area contributed by atoms with Crippen LogP contribution in [0.4, 0.5) is 0 Å². The Morgan fingerprint density at radius 1 is 1.64 bits per heavy atom. The molecule has 0 spiro atoms. The molecule has 11 heavy (non-hydrogen) atoms. The van der Waals surface area contributed by atoms with Crippen molar-refractivity contribution in [3.8, 4) is 0 Å². The van der Waals surface area contributed by atoms with Crippen molar-refractivity contribution < 1.29 is 14.7 Å². The van der Waals surface area contributed by atoms with Crippen LogP contribution in [-0.4, -0.2) is 16.9 Å². The monoisotopic (exact) mass is 156 g/mol. The molecular formula is C8H12O3. The Labute approximate surface area is 65.4 Å². The van der Waals surface area contributed by atoms with Crippen molar-refractivity contribution in [2.75, 3.05) is 0 Å². The van der Waals surface area contributed by atoms with Crippen LogP contribution in [0.5, 0.6) is 0 Å². The molecule has 62 valence electrons. The van der Waals surface area contributed by atoms with Crippen molar-refractivity contribution in [1.29, 1.82) is 0 Å². The summed E-state index contributed by atoms with van der Waals surface area (Å²) >= 11 is 0. The Balaban J connectivity index is 2.52.